The Hall–Kier alpha value is -4.76. The molecule has 1 saturated heterocycles. The topological polar surface area (TPSA) is 187 Å². The van der Waals surface area contributed by atoms with E-state index in [0.29, 0.717) is 11.1 Å². The van der Waals surface area contributed by atoms with E-state index in [4.69, 9.17) is 0 Å². The number of amides is 2. The predicted octanol–water partition coefficient (Wildman–Crippen LogP) is 1.39. The fourth-order valence-electron chi connectivity index (χ4n) is 4.29. The zero-order valence-electron chi connectivity index (χ0n) is 21.0. The number of rotatable bonds is 9. The van der Waals surface area contributed by atoms with Crippen molar-refractivity contribution >= 4 is 55.6 Å². The van der Waals surface area contributed by atoms with Gasteiger partial charge in [0, 0.05) is 11.9 Å². The van der Waals surface area contributed by atoms with Crippen LogP contribution in [0.4, 0.5) is 10.5 Å². The van der Waals surface area contributed by atoms with Crippen LogP contribution in [0.2, 0.25) is 0 Å². The smallest absolute Gasteiger partial charge is 0.333 e. The summed E-state index contributed by atoms with van der Waals surface area (Å²) in [4.78, 5) is 64.4. The van der Waals surface area contributed by atoms with Crippen molar-refractivity contribution in [3.05, 3.63) is 98.8 Å². The predicted molar refractivity (Wildman–Crippen MR) is 149 cm³/mol. The molecule has 1 atom stereocenters. The lowest BCUT2D eigenvalue weighted by Crippen LogP contribution is -2.41. The lowest BCUT2D eigenvalue weighted by atomic mass is 10.1. The van der Waals surface area contributed by atoms with Crippen LogP contribution >= 0.6 is 11.8 Å². The number of anilines is 1. The summed E-state index contributed by atoms with van der Waals surface area (Å²) >= 11 is 0.892. The number of aromatic nitrogens is 3. The Morgan fingerprint density at radius 1 is 0.976 bits per heavy atom. The van der Waals surface area contributed by atoms with Crippen LogP contribution in [0.3, 0.4) is 0 Å². The fraction of sp³-hybridized carbons (Fsp3) is 0.154. The molecular weight excluding hydrogens is 574 g/mol. The van der Waals surface area contributed by atoms with E-state index in [1.54, 1.807) is 12.1 Å². The van der Waals surface area contributed by atoms with Crippen molar-refractivity contribution in [2.45, 2.75) is 29.7 Å². The minimum absolute atomic E-state index is 0.0137. The van der Waals surface area contributed by atoms with Crippen LogP contribution in [0.25, 0.3) is 11.0 Å². The SMILES string of the molecule is O=C(O)Cn1c(=O)n(Cc2ccc(NS(=O)(=O)c3ccc(CC4SC(=O)NC4=O)cc3)cc2)c(=O)c2cccnc21. The lowest BCUT2D eigenvalue weighted by molar-refractivity contribution is -0.137. The maximum absolute atomic E-state index is 13.0. The number of hydrogen-bond acceptors (Lipinski definition) is 9. The number of imide groups is 1. The van der Waals surface area contributed by atoms with Gasteiger partial charge in [0.05, 0.1) is 22.1 Å². The van der Waals surface area contributed by atoms with Gasteiger partial charge < -0.3 is 5.11 Å². The van der Waals surface area contributed by atoms with Crippen molar-refractivity contribution in [1.82, 2.24) is 19.4 Å². The van der Waals surface area contributed by atoms with Gasteiger partial charge in [0.2, 0.25) is 5.91 Å². The van der Waals surface area contributed by atoms with Crippen LogP contribution in [0.15, 0.2) is 81.3 Å². The van der Waals surface area contributed by atoms with Crippen molar-refractivity contribution in [2.75, 3.05) is 4.72 Å². The van der Waals surface area contributed by atoms with Crippen LogP contribution in [-0.4, -0.2) is 50.0 Å². The molecule has 4 aromatic rings. The molecule has 0 spiro atoms. The van der Waals surface area contributed by atoms with Gasteiger partial charge in [-0.3, -0.25) is 38.4 Å². The number of carbonyl (C=O) groups excluding carboxylic acids is 2. The van der Waals surface area contributed by atoms with Gasteiger partial charge in [0.1, 0.15) is 12.2 Å². The second kappa shape index (κ2) is 11.0. The summed E-state index contributed by atoms with van der Waals surface area (Å²) in [5.74, 6) is -1.65. The number of carboxylic acid groups (broad SMARTS) is 1. The largest absolute Gasteiger partial charge is 0.480 e. The molecule has 1 unspecified atom stereocenters. The van der Waals surface area contributed by atoms with Gasteiger partial charge in [-0.25, -0.2) is 18.2 Å². The van der Waals surface area contributed by atoms with Gasteiger partial charge in [0.15, 0.2) is 0 Å². The molecule has 13 nitrogen and oxygen atoms in total. The molecule has 1 aliphatic heterocycles. The molecule has 15 heteroatoms. The van der Waals surface area contributed by atoms with E-state index < -0.39 is 44.3 Å². The Bertz CT molecular complexity index is 1920. The maximum atomic E-state index is 13.0. The molecule has 0 aliphatic carbocycles. The highest BCUT2D eigenvalue weighted by molar-refractivity contribution is 8.15. The van der Waals surface area contributed by atoms with E-state index in [2.05, 4.69) is 15.0 Å². The summed E-state index contributed by atoms with van der Waals surface area (Å²) in [5.41, 5.74) is -0.0836. The average Bonchev–Trinajstić information content (AvgIpc) is 3.26. The summed E-state index contributed by atoms with van der Waals surface area (Å²) < 4.78 is 30.1. The van der Waals surface area contributed by atoms with Crippen LogP contribution in [0.1, 0.15) is 11.1 Å². The number of sulfonamides is 1. The van der Waals surface area contributed by atoms with E-state index in [1.165, 1.54) is 54.7 Å². The Morgan fingerprint density at radius 2 is 1.66 bits per heavy atom. The van der Waals surface area contributed by atoms with Gasteiger partial charge in [0.25, 0.3) is 20.8 Å². The van der Waals surface area contributed by atoms with E-state index in [-0.39, 0.29) is 40.5 Å². The molecule has 0 radical (unpaired) electrons. The highest BCUT2D eigenvalue weighted by atomic mass is 32.2. The van der Waals surface area contributed by atoms with Gasteiger partial charge in [-0.15, -0.1) is 0 Å². The lowest BCUT2D eigenvalue weighted by Gasteiger charge is -2.13. The Balaban J connectivity index is 1.32. The van der Waals surface area contributed by atoms with Crippen molar-refractivity contribution < 1.29 is 27.9 Å². The molecule has 3 heterocycles. The molecule has 3 N–H and O–H groups in total. The number of pyridine rings is 1. The highest BCUT2D eigenvalue weighted by Crippen LogP contribution is 2.24. The Morgan fingerprint density at radius 3 is 2.29 bits per heavy atom. The monoisotopic (exact) mass is 595 g/mol. The summed E-state index contributed by atoms with van der Waals surface area (Å²) in [5, 5.41) is 10.6. The number of nitrogens with one attached hydrogen (secondary N) is 2. The summed E-state index contributed by atoms with van der Waals surface area (Å²) in [6.07, 6.45) is 1.63. The van der Waals surface area contributed by atoms with Gasteiger partial charge in [-0.05, 0) is 53.9 Å². The molecule has 2 aromatic heterocycles. The molecular formula is C26H21N5O8S2. The first-order valence-electron chi connectivity index (χ1n) is 12.0. The minimum atomic E-state index is -3.96. The van der Waals surface area contributed by atoms with E-state index in [0.717, 1.165) is 20.9 Å². The first-order chi connectivity index (χ1) is 19.5. The standard InChI is InChI=1S/C26H21N5O8S2/c32-21(33)14-30-22-19(2-1-11-27-22)24(35)31(26(30)37)13-16-3-7-17(8-4-16)29-41(38,39)18-9-5-15(6-10-18)12-20-23(34)28-25(36)40-20/h1-11,20,29H,12-14H2,(H,32,33)(H,28,34,36). The van der Waals surface area contributed by atoms with Gasteiger partial charge >= 0.3 is 11.7 Å². The molecule has 2 aromatic carbocycles. The second-order valence-electron chi connectivity index (χ2n) is 9.06. The zero-order chi connectivity index (χ0) is 29.3. The average molecular weight is 596 g/mol. The molecule has 1 fully saturated rings. The molecule has 5 rings (SSSR count). The van der Waals surface area contributed by atoms with E-state index in [9.17, 15) is 37.5 Å². The minimum Gasteiger partial charge on any atom is -0.480 e. The first-order valence-corrected chi connectivity index (χ1v) is 14.4. The number of carboxylic acids is 1. The normalized spacial score (nSPS) is 15.2. The van der Waals surface area contributed by atoms with Crippen molar-refractivity contribution in [3.8, 4) is 0 Å². The first kappa shape index (κ1) is 27.8. The zero-order valence-corrected chi connectivity index (χ0v) is 22.6. The second-order valence-corrected chi connectivity index (χ2v) is 11.9. The Labute approximate surface area is 235 Å². The number of carbonyl (C=O) groups is 3. The van der Waals surface area contributed by atoms with Crippen molar-refractivity contribution in [3.63, 3.8) is 0 Å². The van der Waals surface area contributed by atoms with Crippen LogP contribution in [-0.2, 0) is 39.1 Å². The number of aliphatic carboxylic acids is 1. The van der Waals surface area contributed by atoms with E-state index >= 15 is 0 Å². The van der Waals surface area contributed by atoms with Crippen LogP contribution in [0.5, 0.6) is 0 Å². The molecule has 0 bridgehead atoms. The third kappa shape index (κ3) is 5.90. The van der Waals surface area contributed by atoms with Crippen LogP contribution in [0, 0.1) is 0 Å². The number of benzene rings is 2. The van der Waals surface area contributed by atoms with Gasteiger partial charge in [-0.1, -0.05) is 36.0 Å². The fourth-order valence-corrected chi connectivity index (χ4v) is 6.20. The molecule has 0 saturated carbocycles. The Kier molecular flexibility index (Phi) is 7.47. The quantitative estimate of drug-likeness (QED) is 0.255. The molecule has 1 aliphatic rings. The third-order valence-corrected chi connectivity index (χ3v) is 8.62. The molecule has 41 heavy (non-hydrogen) atoms. The number of fused-ring (bicyclic) bond motifs is 1. The summed E-state index contributed by atoms with van der Waals surface area (Å²) in [6.45, 7) is -0.859. The van der Waals surface area contributed by atoms with Crippen molar-refractivity contribution in [1.29, 1.82) is 0 Å². The number of thioether (sulfide) groups is 1. The molecule has 2 amide bonds. The molecule has 210 valence electrons. The van der Waals surface area contributed by atoms with E-state index in [1.807, 2.05) is 0 Å². The highest BCUT2D eigenvalue weighted by Gasteiger charge is 2.31. The number of hydrogen-bond donors (Lipinski definition) is 3. The third-order valence-electron chi connectivity index (χ3n) is 6.24. The maximum Gasteiger partial charge on any atom is 0.333 e. The number of nitrogens with zero attached hydrogens (tertiary/aromatic N) is 3. The van der Waals surface area contributed by atoms with Gasteiger partial charge in [-0.2, -0.15) is 0 Å². The summed E-state index contributed by atoms with van der Waals surface area (Å²) in [7, 11) is -3.96. The summed E-state index contributed by atoms with van der Waals surface area (Å²) in [6, 6.07) is 14.9. The van der Waals surface area contributed by atoms with Crippen LogP contribution < -0.4 is 21.3 Å². The van der Waals surface area contributed by atoms with Crippen molar-refractivity contribution in [2.24, 2.45) is 0 Å².